The molecular weight excluding hydrogens is 328 g/mol. The van der Waals surface area contributed by atoms with Crippen molar-refractivity contribution < 1.29 is 19.5 Å². The van der Waals surface area contributed by atoms with Crippen molar-refractivity contribution in [2.45, 2.75) is 123 Å². The van der Waals surface area contributed by atoms with Gasteiger partial charge in [-0.1, -0.05) is 71.6 Å². The van der Waals surface area contributed by atoms with Gasteiger partial charge in [-0.3, -0.25) is 14.4 Å². The molecule has 0 fully saturated rings. The van der Waals surface area contributed by atoms with Crippen molar-refractivity contribution in [3.05, 3.63) is 0 Å². The lowest BCUT2D eigenvalue weighted by atomic mass is 10.0. The van der Waals surface area contributed by atoms with Crippen molar-refractivity contribution in [3.8, 4) is 0 Å². The third kappa shape index (κ3) is 25.1. The Hall–Kier alpha value is -1.19. The van der Waals surface area contributed by atoms with Gasteiger partial charge in [-0.25, -0.2) is 0 Å². The molecular formula is C22H42O4. The molecule has 0 aromatic carbocycles. The van der Waals surface area contributed by atoms with Crippen LogP contribution in [0, 0.1) is 0 Å². The van der Waals surface area contributed by atoms with Gasteiger partial charge in [0.25, 0.3) is 6.47 Å². The minimum atomic E-state index is -0.250. The molecule has 0 aromatic heterocycles. The lowest BCUT2D eigenvalue weighted by Crippen LogP contribution is -2.01. The fourth-order valence-electron chi connectivity index (χ4n) is 2.92. The van der Waals surface area contributed by atoms with E-state index < -0.39 is 0 Å². The SMILES string of the molecule is CCCCCCCCCC(=O)CCCCC(=O)CCCCCC.O=CO. The number of ketones is 2. The van der Waals surface area contributed by atoms with Gasteiger partial charge in [0.05, 0.1) is 0 Å². The number of hydrogen-bond acceptors (Lipinski definition) is 3. The Bertz CT molecular complexity index is 326. The zero-order valence-corrected chi connectivity index (χ0v) is 17.3. The van der Waals surface area contributed by atoms with E-state index in [1.807, 2.05) is 0 Å². The fourth-order valence-corrected chi connectivity index (χ4v) is 2.92. The third-order valence-electron chi connectivity index (χ3n) is 4.53. The van der Waals surface area contributed by atoms with Crippen LogP contribution in [0.3, 0.4) is 0 Å². The molecule has 0 amide bonds. The average molecular weight is 371 g/mol. The Balaban J connectivity index is 0. The van der Waals surface area contributed by atoms with Crippen LogP contribution in [0.25, 0.3) is 0 Å². The smallest absolute Gasteiger partial charge is 0.290 e. The number of Topliss-reactive ketones (excluding diaryl/α,β-unsaturated/α-hetero) is 2. The molecule has 0 bridgehead atoms. The molecule has 4 heteroatoms. The maximum Gasteiger partial charge on any atom is 0.290 e. The molecule has 0 aliphatic heterocycles. The van der Waals surface area contributed by atoms with Crippen LogP contribution in [-0.2, 0) is 14.4 Å². The lowest BCUT2D eigenvalue weighted by molar-refractivity contribution is -0.123. The summed E-state index contributed by atoms with van der Waals surface area (Å²) in [5.41, 5.74) is 0. The van der Waals surface area contributed by atoms with Crippen LogP contribution >= 0.6 is 0 Å². The standard InChI is InChI=1S/C21H40O2.CH2O2/c1-3-5-7-9-10-11-13-17-21(23)19-15-14-18-20(22)16-12-8-6-4-2;2-1-3/h3-19H2,1-2H3;1H,(H,2,3). The van der Waals surface area contributed by atoms with E-state index in [0.717, 1.165) is 38.5 Å². The van der Waals surface area contributed by atoms with Crippen LogP contribution in [-0.4, -0.2) is 23.1 Å². The normalized spacial score (nSPS) is 10.1. The van der Waals surface area contributed by atoms with E-state index in [1.54, 1.807) is 0 Å². The van der Waals surface area contributed by atoms with Gasteiger partial charge >= 0.3 is 0 Å². The monoisotopic (exact) mass is 370 g/mol. The molecule has 0 saturated carbocycles. The molecule has 154 valence electrons. The quantitative estimate of drug-likeness (QED) is 0.221. The van der Waals surface area contributed by atoms with Gasteiger partial charge in [-0.05, 0) is 25.7 Å². The predicted molar refractivity (Wildman–Crippen MR) is 109 cm³/mol. The molecule has 26 heavy (non-hydrogen) atoms. The molecule has 0 atom stereocenters. The number of carbonyl (C=O) groups excluding carboxylic acids is 2. The van der Waals surface area contributed by atoms with Gasteiger partial charge in [-0.2, -0.15) is 0 Å². The topological polar surface area (TPSA) is 71.4 Å². The van der Waals surface area contributed by atoms with Crippen molar-refractivity contribution in [1.29, 1.82) is 0 Å². The summed E-state index contributed by atoms with van der Waals surface area (Å²) in [7, 11) is 0. The number of unbranched alkanes of at least 4 members (excludes halogenated alkanes) is 10. The fraction of sp³-hybridized carbons (Fsp3) is 0.864. The molecule has 0 unspecified atom stereocenters. The van der Waals surface area contributed by atoms with Crippen LogP contribution < -0.4 is 0 Å². The van der Waals surface area contributed by atoms with Crippen LogP contribution in [0.2, 0.25) is 0 Å². The molecule has 0 spiro atoms. The third-order valence-corrected chi connectivity index (χ3v) is 4.53. The van der Waals surface area contributed by atoms with Crippen molar-refractivity contribution >= 4 is 18.0 Å². The minimum absolute atomic E-state index is 0.250. The summed E-state index contributed by atoms with van der Waals surface area (Å²) in [5, 5.41) is 6.89. The van der Waals surface area contributed by atoms with Crippen molar-refractivity contribution in [2.24, 2.45) is 0 Å². The van der Waals surface area contributed by atoms with Gasteiger partial charge in [-0.15, -0.1) is 0 Å². The minimum Gasteiger partial charge on any atom is -0.483 e. The first-order chi connectivity index (χ1) is 12.6. The second kappa shape index (κ2) is 23.8. The maximum absolute atomic E-state index is 11.8. The van der Waals surface area contributed by atoms with Gasteiger partial charge in [0.1, 0.15) is 11.6 Å². The first-order valence-electron chi connectivity index (χ1n) is 10.7. The number of hydrogen-bond donors (Lipinski definition) is 1. The van der Waals surface area contributed by atoms with E-state index in [0.29, 0.717) is 24.4 Å². The Morgan fingerprint density at radius 1 is 0.577 bits per heavy atom. The van der Waals surface area contributed by atoms with Gasteiger partial charge in [0.15, 0.2) is 0 Å². The average Bonchev–Trinajstić information content (AvgIpc) is 2.62. The maximum atomic E-state index is 11.8. The number of carbonyl (C=O) groups is 3. The van der Waals surface area contributed by atoms with Crippen molar-refractivity contribution in [2.75, 3.05) is 0 Å². The molecule has 0 heterocycles. The second-order valence-electron chi connectivity index (χ2n) is 7.07. The van der Waals surface area contributed by atoms with Crippen LogP contribution in [0.15, 0.2) is 0 Å². The highest BCUT2D eigenvalue weighted by atomic mass is 16.3. The van der Waals surface area contributed by atoms with Crippen LogP contribution in [0.5, 0.6) is 0 Å². The summed E-state index contributed by atoms with van der Waals surface area (Å²) in [4.78, 5) is 31.8. The largest absolute Gasteiger partial charge is 0.483 e. The number of carboxylic acid groups (broad SMARTS) is 1. The van der Waals surface area contributed by atoms with E-state index in [4.69, 9.17) is 9.90 Å². The van der Waals surface area contributed by atoms with E-state index in [2.05, 4.69) is 13.8 Å². The first kappa shape index (κ1) is 27.0. The molecule has 0 aliphatic rings. The van der Waals surface area contributed by atoms with Gasteiger partial charge in [0.2, 0.25) is 0 Å². The van der Waals surface area contributed by atoms with Gasteiger partial charge in [0, 0.05) is 25.7 Å². The number of rotatable bonds is 18. The molecule has 4 nitrogen and oxygen atoms in total. The molecule has 0 aliphatic carbocycles. The zero-order valence-electron chi connectivity index (χ0n) is 17.3. The van der Waals surface area contributed by atoms with Gasteiger partial charge < -0.3 is 5.11 Å². The van der Waals surface area contributed by atoms with E-state index in [9.17, 15) is 9.59 Å². The summed E-state index contributed by atoms with van der Waals surface area (Å²) in [5.74, 6) is 0.787. The van der Waals surface area contributed by atoms with Crippen molar-refractivity contribution in [3.63, 3.8) is 0 Å². The Morgan fingerprint density at radius 3 is 1.15 bits per heavy atom. The highest BCUT2D eigenvalue weighted by Crippen LogP contribution is 2.11. The van der Waals surface area contributed by atoms with E-state index in [-0.39, 0.29) is 6.47 Å². The molecule has 0 radical (unpaired) electrons. The highest BCUT2D eigenvalue weighted by molar-refractivity contribution is 5.79. The summed E-state index contributed by atoms with van der Waals surface area (Å²) in [6.45, 7) is 4.17. The predicted octanol–water partition coefficient (Wildman–Crippen LogP) is 6.50. The Labute approximate surface area is 161 Å². The van der Waals surface area contributed by atoms with Crippen molar-refractivity contribution in [1.82, 2.24) is 0 Å². The molecule has 0 rings (SSSR count). The van der Waals surface area contributed by atoms with Crippen LogP contribution in [0.1, 0.15) is 123 Å². The molecule has 1 N–H and O–H groups in total. The highest BCUT2D eigenvalue weighted by Gasteiger charge is 2.05. The Kier molecular flexibility index (Phi) is 24.8. The summed E-state index contributed by atoms with van der Waals surface area (Å²) in [6, 6.07) is 0. The summed E-state index contributed by atoms with van der Waals surface area (Å²) < 4.78 is 0. The zero-order chi connectivity index (χ0) is 19.9. The summed E-state index contributed by atoms with van der Waals surface area (Å²) in [6.07, 6.45) is 18.2. The van der Waals surface area contributed by atoms with E-state index in [1.165, 1.54) is 57.8 Å². The van der Waals surface area contributed by atoms with E-state index >= 15 is 0 Å². The van der Waals surface area contributed by atoms with Crippen LogP contribution in [0.4, 0.5) is 0 Å². The lowest BCUT2D eigenvalue weighted by Gasteiger charge is -2.03. The Morgan fingerprint density at radius 2 is 0.808 bits per heavy atom. The second-order valence-corrected chi connectivity index (χ2v) is 7.07. The summed E-state index contributed by atoms with van der Waals surface area (Å²) >= 11 is 0. The first-order valence-corrected chi connectivity index (χ1v) is 10.7. The molecule has 0 saturated heterocycles. The molecule has 0 aromatic rings.